The van der Waals surface area contributed by atoms with Gasteiger partial charge in [0.25, 0.3) is 0 Å². The van der Waals surface area contributed by atoms with Gasteiger partial charge in [-0.05, 0) is 75.8 Å². The monoisotopic (exact) mass is 300 g/mol. The van der Waals surface area contributed by atoms with E-state index in [1.165, 1.54) is 49.3 Å². The number of aryl methyl sites for hydroxylation is 1. The fraction of sp³-hybridized carbons (Fsp3) is 0.632. The molecule has 1 aromatic rings. The van der Waals surface area contributed by atoms with Crippen molar-refractivity contribution < 1.29 is 14.3 Å². The minimum Gasteiger partial charge on any atom is -0.487 e. The highest BCUT2D eigenvalue weighted by Gasteiger charge is 2.41. The average molecular weight is 300 g/mol. The normalized spacial score (nSPS) is 27.6. The standard InChI is InChI=1S/C19H24O3/c1-11(20)21-15-10-14-8-9-19(2,3)22-18(14)17-13-6-4-12(5-7-13)16(15)17/h10,12-13H,4-9H2,1-3H3. The van der Waals surface area contributed by atoms with Crippen LogP contribution in [0, 0.1) is 0 Å². The Hall–Kier alpha value is -1.51. The number of benzene rings is 1. The summed E-state index contributed by atoms with van der Waals surface area (Å²) < 4.78 is 12.0. The lowest BCUT2D eigenvalue weighted by molar-refractivity contribution is -0.132. The molecule has 1 fully saturated rings. The van der Waals surface area contributed by atoms with Crippen LogP contribution >= 0.6 is 0 Å². The van der Waals surface area contributed by atoms with Crippen LogP contribution in [-0.4, -0.2) is 11.6 Å². The van der Waals surface area contributed by atoms with Crippen LogP contribution < -0.4 is 9.47 Å². The Labute approximate surface area is 132 Å². The first kappa shape index (κ1) is 14.1. The maximum absolute atomic E-state index is 11.5. The van der Waals surface area contributed by atoms with Gasteiger partial charge in [-0.15, -0.1) is 0 Å². The van der Waals surface area contributed by atoms with Gasteiger partial charge >= 0.3 is 5.97 Å². The van der Waals surface area contributed by atoms with Crippen LogP contribution in [0.2, 0.25) is 0 Å². The highest BCUT2D eigenvalue weighted by Crippen LogP contribution is 2.57. The van der Waals surface area contributed by atoms with Crippen molar-refractivity contribution in [1.29, 1.82) is 0 Å². The molecule has 5 rings (SSSR count). The van der Waals surface area contributed by atoms with Crippen LogP contribution in [0.1, 0.15) is 81.4 Å². The van der Waals surface area contributed by atoms with Gasteiger partial charge in [-0.1, -0.05) is 0 Å². The van der Waals surface area contributed by atoms with E-state index >= 15 is 0 Å². The molecule has 0 unspecified atom stereocenters. The zero-order chi connectivity index (χ0) is 15.5. The first-order valence-electron chi connectivity index (χ1n) is 8.52. The molecular weight excluding hydrogens is 276 g/mol. The molecule has 0 radical (unpaired) electrons. The maximum atomic E-state index is 11.5. The molecule has 4 aliphatic rings. The number of fused-ring (bicyclic) bond motifs is 3. The van der Waals surface area contributed by atoms with E-state index in [0.717, 1.165) is 24.3 Å². The van der Waals surface area contributed by atoms with Crippen LogP contribution in [0.25, 0.3) is 0 Å². The second-order valence-electron chi connectivity index (χ2n) is 7.69. The summed E-state index contributed by atoms with van der Waals surface area (Å²) in [6, 6.07) is 2.07. The number of rotatable bonds is 1. The first-order chi connectivity index (χ1) is 10.4. The molecule has 1 heterocycles. The quantitative estimate of drug-likeness (QED) is 0.567. The molecule has 1 saturated carbocycles. The topological polar surface area (TPSA) is 35.5 Å². The molecule has 0 saturated heterocycles. The Balaban J connectivity index is 1.91. The van der Waals surface area contributed by atoms with Crippen LogP contribution in [0.15, 0.2) is 6.07 Å². The van der Waals surface area contributed by atoms with E-state index in [1.807, 2.05) is 0 Å². The molecule has 0 aromatic heterocycles. The molecule has 118 valence electrons. The highest BCUT2D eigenvalue weighted by molar-refractivity contribution is 5.71. The highest BCUT2D eigenvalue weighted by atomic mass is 16.5. The number of hydrogen-bond acceptors (Lipinski definition) is 3. The predicted molar refractivity (Wildman–Crippen MR) is 84.7 cm³/mol. The first-order valence-corrected chi connectivity index (χ1v) is 8.52. The fourth-order valence-corrected chi connectivity index (χ4v) is 4.54. The van der Waals surface area contributed by atoms with E-state index in [2.05, 4.69) is 19.9 Å². The Morgan fingerprint density at radius 2 is 1.82 bits per heavy atom. The third-order valence-corrected chi connectivity index (χ3v) is 5.57. The van der Waals surface area contributed by atoms with E-state index in [-0.39, 0.29) is 11.6 Å². The van der Waals surface area contributed by atoms with Crippen LogP contribution in [-0.2, 0) is 11.2 Å². The minimum absolute atomic E-state index is 0.0968. The molecule has 1 aromatic carbocycles. The second kappa shape index (κ2) is 4.74. The van der Waals surface area contributed by atoms with E-state index in [1.54, 1.807) is 0 Å². The smallest absolute Gasteiger partial charge is 0.308 e. The maximum Gasteiger partial charge on any atom is 0.308 e. The number of carbonyl (C=O) groups excluding carboxylic acids is 1. The minimum atomic E-state index is -0.222. The number of hydrogen-bond donors (Lipinski definition) is 0. The molecule has 3 heteroatoms. The predicted octanol–water partition coefficient (Wildman–Crippen LogP) is 4.47. The Kier molecular flexibility index (Phi) is 3.04. The van der Waals surface area contributed by atoms with E-state index in [4.69, 9.17) is 9.47 Å². The zero-order valence-electron chi connectivity index (χ0n) is 13.7. The molecule has 0 spiro atoms. The zero-order valence-corrected chi connectivity index (χ0v) is 13.7. The molecule has 22 heavy (non-hydrogen) atoms. The molecular formula is C19H24O3. The second-order valence-corrected chi connectivity index (χ2v) is 7.69. The lowest BCUT2D eigenvalue weighted by Crippen LogP contribution is -2.35. The summed E-state index contributed by atoms with van der Waals surface area (Å²) in [5.41, 5.74) is 3.76. The molecule has 2 bridgehead atoms. The van der Waals surface area contributed by atoms with Gasteiger partial charge in [-0.2, -0.15) is 0 Å². The summed E-state index contributed by atoms with van der Waals surface area (Å²) in [6.45, 7) is 5.83. The largest absolute Gasteiger partial charge is 0.487 e. The van der Waals surface area contributed by atoms with Crippen molar-refractivity contribution in [2.75, 3.05) is 0 Å². The Morgan fingerprint density at radius 1 is 1.18 bits per heavy atom. The molecule has 3 nitrogen and oxygen atoms in total. The van der Waals surface area contributed by atoms with Crippen LogP contribution in [0.3, 0.4) is 0 Å². The molecule has 0 atom stereocenters. The summed E-state index contributed by atoms with van der Waals surface area (Å²) in [5.74, 6) is 2.81. The third kappa shape index (κ3) is 2.13. The van der Waals surface area contributed by atoms with Crippen molar-refractivity contribution in [3.63, 3.8) is 0 Å². The molecule has 0 N–H and O–H groups in total. The molecule has 3 aliphatic carbocycles. The SMILES string of the molecule is CC(=O)Oc1cc2c(c3c1C1CCC3CC1)OC(C)(C)CC2. The number of esters is 1. The fourth-order valence-electron chi connectivity index (χ4n) is 4.54. The van der Waals surface area contributed by atoms with Crippen molar-refractivity contribution in [2.24, 2.45) is 0 Å². The van der Waals surface area contributed by atoms with Crippen molar-refractivity contribution in [3.05, 3.63) is 22.8 Å². The summed E-state index contributed by atoms with van der Waals surface area (Å²) in [7, 11) is 0. The van der Waals surface area contributed by atoms with Gasteiger partial charge in [-0.25, -0.2) is 0 Å². The molecule has 0 amide bonds. The Bertz CT molecular complexity index is 637. The van der Waals surface area contributed by atoms with Gasteiger partial charge in [-0.3, -0.25) is 4.79 Å². The van der Waals surface area contributed by atoms with Gasteiger partial charge in [0.2, 0.25) is 0 Å². The van der Waals surface area contributed by atoms with Crippen molar-refractivity contribution in [1.82, 2.24) is 0 Å². The van der Waals surface area contributed by atoms with Gasteiger partial charge in [0.1, 0.15) is 17.1 Å². The van der Waals surface area contributed by atoms with Gasteiger partial charge < -0.3 is 9.47 Å². The van der Waals surface area contributed by atoms with Crippen LogP contribution in [0.4, 0.5) is 0 Å². The van der Waals surface area contributed by atoms with E-state index < -0.39 is 0 Å². The van der Waals surface area contributed by atoms with E-state index in [9.17, 15) is 4.79 Å². The van der Waals surface area contributed by atoms with Gasteiger partial charge in [0.05, 0.1) is 0 Å². The summed E-state index contributed by atoms with van der Waals surface area (Å²) in [6.07, 6.45) is 6.94. The van der Waals surface area contributed by atoms with Crippen LogP contribution in [0.5, 0.6) is 11.5 Å². The number of carbonyl (C=O) groups is 1. The van der Waals surface area contributed by atoms with Gasteiger partial charge in [0.15, 0.2) is 0 Å². The Morgan fingerprint density at radius 3 is 2.45 bits per heavy atom. The number of ether oxygens (including phenoxy) is 2. The average Bonchev–Trinajstić information content (AvgIpc) is 2.47. The summed E-state index contributed by atoms with van der Waals surface area (Å²) in [4.78, 5) is 11.5. The molecule has 1 aliphatic heterocycles. The van der Waals surface area contributed by atoms with Gasteiger partial charge in [0, 0.05) is 18.1 Å². The third-order valence-electron chi connectivity index (χ3n) is 5.57. The summed E-state index contributed by atoms with van der Waals surface area (Å²) in [5, 5.41) is 0. The lowest BCUT2D eigenvalue weighted by Gasteiger charge is -2.43. The lowest BCUT2D eigenvalue weighted by atomic mass is 9.65. The van der Waals surface area contributed by atoms with Crippen molar-refractivity contribution >= 4 is 5.97 Å². The summed E-state index contributed by atoms with van der Waals surface area (Å²) >= 11 is 0. The van der Waals surface area contributed by atoms with E-state index in [0.29, 0.717) is 11.8 Å². The van der Waals surface area contributed by atoms with Crippen molar-refractivity contribution in [3.8, 4) is 11.5 Å². The van der Waals surface area contributed by atoms with Crippen molar-refractivity contribution in [2.45, 2.75) is 76.7 Å².